The fourth-order valence-electron chi connectivity index (χ4n) is 1.86. The highest BCUT2D eigenvalue weighted by molar-refractivity contribution is 5.60. The highest BCUT2D eigenvalue weighted by Gasteiger charge is 2.08. The van der Waals surface area contributed by atoms with Crippen LogP contribution >= 0.6 is 0 Å². The Kier molecular flexibility index (Phi) is 2.18. The number of hydrogen-bond donors (Lipinski definition) is 0. The fourth-order valence-corrected chi connectivity index (χ4v) is 1.86. The number of hydrogen-bond acceptors (Lipinski definition) is 2. The van der Waals surface area contributed by atoms with E-state index in [-0.39, 0.29) is 0 Å². The van der Waals surface area contributed by atoms with Gasteiger partial charge in [0.05, 0.1) is 0 Å². The Bertz CT molecular complexity index is 467. The Morgan fingerprint density at radius 2 is 1.31 bits per heavy atom. The molecule has 0 N–H and O–H groups in total. The SMILES string of the molecule is C1=C(n2cccn2)CC=C(n2cccn2)C1. The summed E-state index contributed by atoms with van der Waals surface area (Å²) in [6, 6.07) is 3.88. The minimum Gasteiger partial charge on any atom is -0.245 e. The quantitative estimate of drug-likeness (QED) is 0.765. The molecule has 0 unspecified atom stereocenters. The smallest absolute Gasteiger partial charge is 0.0493 e. The second kappa shape index (κ2) is 3.81. The Hall–Kier alpha value is -2.10. The van der Waals surface area contributed by atoms with Crippen molar-refractivity contribution in [1.82, 2.24) is 19.6 Å². The summed E-state index contributed by atoms with van der Waals surface area (Å²) in [6.45, 7) is 0. The van der Waals surface area contributed by atoms with Crippen LogP contribution in [0.15, 0.2) is 49.1 Å². The normalized spacial score (nSPS) is 15.8. The van der Waals surface area contributed by atoms with Crippen molar-refractivity contribution in [2.45, 2.75) is 12.8 Å². The molecule has 2 aromatic heterocycles. The lowest BCUT2D eigenvalue weighted by atomic mass is 10.1. The molecule has 80 valence electrons. The third-order valence-corrected chi connectivity index (χ3v) is 2.69. The lowest BCUT2D eigenvalue weighted by Crippen LogP contribution is -2.04. The molecular weight excluding hydrogens is 200 g/mol. The maximum atomic E-state index is 4.22. The van der Waals surface area contributed by atoms with Gasteiger partial charge in [-0.2, -0.15) is 10.2 Å². The van der Waals surface area contributed by atoms with Crippen LogP contribution in [0.25, 0.3) is 11.4 Å². The lowest BCUT2D eigenvalue weighted by Gasteiger charge is -2.13. The summed E-state index contributed by atoms with van der Waals surface area (Å²) in [7, 11) is 0. The van der Waals surface area contributed by atoms with Gasteiger partial charge in [-0.15, -0.1) is 0 Å². The van der Waals surface area contributed by atoms with Crippen LogP contribution in [0, 0.1) is 0 Å². The highest BCUT2D eigenvalue weighted by atomic mass is 15.3. The van der Waals surface area contributed by atoms with Crippen LogP contribution in [-0.4, -0.2) is 19.6 Å². The summed E-state index contributed by atoms with van der Waals surface area (Å²) in [5.41, 5.74) is 2.45. The molecule has 1 aliphatic carbocycles. The minimum absolute atomic E-state index is 0.900. The second-order valence-corrected chi connectivity index (χ2v) is 3.70. The van der Waals surface area contributed by atoms with E-state index in [2.05, 4.69) is 22.3 Å². The zero-order valence-corrected chi connectivity index (χ0v) is 8.82. The predicted octanol–water partition coefficient (Wildman–Crippen LogP) is 2.26. The summed E-state index contributed by atoms with van der Waals surface area (Å²) < 4.78 is 3.83. The van der Waals surface area contributed by atoms with E-state index >= 15 is 0 Å². The molecule has 2 aromatic rings. The molecule has 0 bridgehead atoms. The largest absolute Gasteiger partial charge is 0.245 e. The van der Waals surface area contributed by atoms with Crippen LogP contribution in [0.4, 0.5) is 0 Å². The third-order valence-electron chi connectivity index (χ3n) is 2.69. The zero-order chi connectivity index (χ0) is 10.8. The third kappa shape index (κ3) is 1.58. The van der Waals surface area contributed by atoms with Gasteiger partial charge >= 0.3 is 0 Å². The highest BCUT2D eigenvalue weighted by Crippen LogP contribution is 2.22. The van der Waals surface area contributed by atoms with E-state index in [0.29, 0.717) is 0 Å². The second-order valence-electron chi connectivity index (χ2n) is 3.70. The number of nitrogens with zero attached hydrogens (tertiary/aromatic N) is 4. The Morgan fingerprint density at radius 1 is 0.812 bits per heavy atom. The van der Waals surface area contributed by atoms with Gasteiger partial charge in [-0.25, -0.2) is 9.36 Å². The number of allylic oxidation sites excluding steroid dienone is 4. The van der Waals surface area contributed by atoms with E-state index in [1.165, 1.54) is 11.4 Å². The van der Waals surface area contributed by atoms with Crippen LogP contribution in [0.5, 0.6) is 0 Å². The molecule has 16 heavy (non-hydrogen) atoms. The van der Waals surface area contributed by atoms with Gasteiger partial charge in [-0.1, -0.05) is 12.2 Å². The molecular formula is C12H12N4. The van der Waals surface area contributed by atoms with Crippen molar-refractivity contribution in [2.75, 3.05) is 0 Å². The topological polar surface area (TPSA) is 35.6 Å². The van der Waals surface area contributed by atoms with E-state index in [1.54, 1.807) is 12.4 Å². The molecule has 0 spiro atoms. The van der Waals surface area contributed by atoms with Crippen LogP contribution in [-0.2, 0) is 0 Å². The number of aromatic nitrogens is 4. The van der Waals surface area contributed by atoms with Gasteiger partial charge in [0.25, 0.3) is 0 Å². The maximum absolute atomic E-state index is 4.22. The molecule has 0 saturated heterocycles. The molecule has 2 heterocycles. The molecule has 1 aliphatic rings. The van der Waals surface area contributed by atoms with Crippen molar-refractivity contribution in [2.24, 2.45) is 0 Å². The molecule has 4 heteroatoms. The molecule has 0 aromatic carbocycles. The van der Waals surface area contributed by atoms with Crippen molar-refractivity contribution in [1.29, 1.82) is 0 Å². The average molecular weight is 212 g/mol. The molecule has 0 amide bonds. The van der Waals surface area contributed by atoms with Crippen LogP contribution < -0.4 is 0 Å². The van der Waals surface area contributed by atoms with Crippen LogP contribution in [0.3, 0.4) is 0 Å². The van der Waals surface area contributed by atoms with Gasteiger partial charge in [0.1, 0.15) is 0 Å². The van der Waals surface area contributed by atoms with Crippen LogP contribution in [0.1, 0.15) is 12.8 Å². The first kappa shape index (κ1) is 9.15. The molecule has 0 saturated carbocycles. The van der Waals surface area contributed by atoms with Crippen molar-refractivity contribution in [3.8, 4) is 0 Å². The molecule has 3 rings (SSSR count). The average Bonchev–Trinajstić information content (AvgIpc) is 3.03. The van der Waals surface area contributed by atoms with Crippen molar-refractivity contribution < 1.29 is 0 Å². The fraction of sp³-hybridized carbons (Fsp3) is 0.167. The summed E-state index contributed by atoms with van der Waals surface area (Å²) in [4.78, 5) is 0. The Balaban J connectivity index is 1.79. The first-order valence-electron chi connectivity index (χ1n) is 5.31. The molecule has 0 radical (unpaired) electrons. The summed E-state index contributed by atoms with van der Waals surface area (Å²) in [6.07, 6.45) is 13.7. The monoisotopic (exact) mass is 212 g/mol. The van der Waals surface area contributed by atoms with Crippen LogP contribution in [0.2, 0.25) is 0 Å². The van der Waals surface area contributed by atoms with Gasteiger partial charge in [0.2, 0.25) is 0 Å². The summed E-state index contributed by atoms with van der Waals surface area (Å²) in [5.74, 6) is 0. The Morgan fingerprint density at radius 3 is 1.62 bits per heavy atom. The van der Waals surface area contributed by atoms with E-state index in [4.69, 9.17) is 0 Å². The Labute approximate surface area is 93.5 Å². The van der Waals surface area contributed by atoms with Gasteiger partial charge in [0.15, 0.2) is 0 Å². The first-order chi connectivity index (χ1) is 7.93. The minimum atomic E-state index is 0.900. The van der Waals surface area contributed by atoms with E-state index < -0.39 is 0 Å². The van der Waals surface area contributed by atoms with Gasteiger partial charge in [0, 0.05) is 49.0 Å². The lowest BCUT2D eigenvalue weighted by molar-refractivity contribution is 0.839. The van der Waals surface area contributed by atoms with Crippen molar-refractivity contribution in [3.05, 3.63) is 49.1 Å². The molecule has 4 nitrogen and oxygen atoms in total. The van der Waals surface area contributed by atoms with E-state index in [0.717, 1.165) is 12.8 Å². The molecule has 0 atom stereocenters. The molecule has 0 fully saturated rings. The van der Waals surface area contributed by atoms with Gasteiger partial charge < -0.3 is 0 Å². The van der Waals surface area contributed by atoms with Gasteiger partial charge in [-0.3, -0.25) is 0 Å². The summed E-state index contributed by atoms with van der Waals surface area (Å²) >= 11 is 0. The van der Waals surface area contributed by atoms with E-state index in [1.807, 2.05) is 33.9 Å². The summed E-state index contributed by atoms with van der Waals surface area (Å²) in [5, 5.41) is 8.45. The predicted molar refractivity (Wildman–Crippen MR) is 62.2 cm³/mol. The molecule has 0 aliphatic heterocycles. The van der Waals surface area contributed by atoms with Crippen molar-refractivity contribution >= 4 is 11.4 Å². The zero-order valence-electron chi connectivity index (χ0n) is 8.82. The number of rotatable bonds is 2. The first-order valence-corrected chi connectivity index (χ1v) is 5.31. The maximum Gasteiger partial charge on any atom is 0.0493 e. The standard InChI is InChI=1S/C12H12N4/c1-7-13-15(9-1)11-3-5-12(6-4-11)16-10-2-8-14-16/h1-3,6-10H,4-5H2. The van der Waals surface area contributed by atoms with E-state index in [9.17, 15) is 0 Å². The van der Waals surface area contributed by atoms with Crippen molar-refractivity contribution in [3.63, 3.8) is 0 Å². The van der Waals surface area contributed by atoms with Gasteiger partial charge in [-0.05, 0) is 12.1 Å².